The third-order valence-corrected chi connectivity index (χ3v) is 2.68. The second kappa shape index (κ2) is 4.06. The van der Waals surface area contributed by atoms with E-state index in [0.717, 1.165) is 0 Å². The van der Waals surface area contributed by atoms with E-state index in [9.17, 15) is 24.2 Å². The van der Waals surface area contributed by atoms with Crippen molar-refractivity contribution in [2.24, 2.45) is 0 Å². The quantitative estimate of drug-likeness (QED) is 0.548. The molecule has 0 unspecified atom stereocenters. The van der Waals surface area contributed by atoms with Crippen LogP contribution in [0.5, 0.6) is 0 Å². The Morgan fingerprint density at radius 3 is 2.59 bits per heavy atom. The zero-order valence-corrected chi connectivity index (χ0v) is 8.83. The summed E-state index contributed by atoms with van der Waals surface area (Å²) in [4.78, 5) is 24.0. The van der Waals surface area contributed by atoms with E-state index in [0.29, 0.717) is 10.8 Å². The normalized spacial score (nSPS) is 32.9. The largest absolute Gasteiger partial charge is 0.388 e. The molecule has 0 bridgehead atoms. The molecule has 1 saturated heterocycles. The SMILES string of the molecule is C[C@@H]1O[C@H](n2cc(F)c(=O)[nH]c2=O)[C@H](O)[C@H]1O. The highest BCUT2D eigenvalue weighted by molar-refractivity contribution is 4.93. The summed E-state index contributed by atoms with van der Waals surface area (Å²) in [5.41, 5.74) is -2.06. The fourth-order valence-electron chi connectivity index (χ4n) is 1.71. The van der Waals surface area contributed by atoms with Crippen molar-refractivity contribution in [1.29, 1.82) is 0 Å². The molecule has 1 aromatic heterocycles. The molecule has 8 heteroatoms. The summed E-state index contributed by atoms with van der Waals surface area (Å²) in [5, 5.41) is 19.1. The van der Waals surface area contributed by atoms with Crippen LogP contribution in [-0.2, 0) is 4.74 Å². The van der Waals surface area contributed by atoms with Crippen molar-refractivity contribution in [3.8, 4) is 0 Å². The number of hydrogen-bond acceptors (Lipinski definition) is 5. The van der Waals surface area contributed by atoms with Crippen LogP contribution >= 0.6 is 0 Å². The van der Waals surface area contributed by atoms with E-state index >= 15 is 0 Å². The zero-order valence-electron chi connectivity index (χ0n) is 8.83. The minimum atomic E-state index is -1.37. The zero-order chi connectivity index (χ0) is 12.7. The van der Waals surface area contributed by atoms with Gasteiger partial charge in [0.05, 0.1) is 12.3 Å². The van der Waals surface area contributed by atoms with Crippen LogP contribution < -0.4 is 11.2 Å². The lowest BCUT2D eigenvalue weighted by atomic mass is 10.1. The van der Waals surface area contributed by atoms with Crippen LogP contribution in [0.25, 0.3) is 0 Å². The number of aromatic nitrogens is 2. The Labute approximate surface area is 94.1 Å². The Bertz CT molecular complexity index is 539. The molecule has 1 fully saturated rings. The van der Waals surface area contributed by atoms with Crippen molar-refractivity contribution in [2.75, 3.05) is 0 Å². The second-order valence-corrected chi connectivity index (χ2v) is 3.86. The number of nitrogens with zero attached hydrogens (tertiary/aromatic N) is 1. The first-order valence-electron chi connectivity index (χ1n) is 4.94. The third kappa shape index (κ3) is 1.90. The Morgan fingerprint density at radius 2 is 2.06 bits per heavy atom. The summed E-state index contributed by atoms with van der Waals surface area (Å²) in [5.74, 6) is -1.17. The van der Waals surface area contributed by atoms with Crippen molar-refractivity contribution in [3.05, 3.63) is 32.9 Å². The van der Waals surface area contributed by atoms with Gasteiger partial charge >= 0.3 is 5.69 Å². The van der Waals surface area contributed by atoms with E-state index in [1.165, 1.54) is 6.92 Å². The number of hydrogen-bond donors (Lipinski definition) is 3. The molecule has 17 heavy (non-hydrogen) atoms. The molecule has 0 aromatic carbocycles. The lowest BCUT2D eigenvalue weighted by Crippen LogP contribution is -2.38. The summed E-state index contributed by atoms with van der Waals surface area (Å²) >= 11 is 0. The van der Waals surface area contributed by atoms with Crippen LogP contribution in [0.4, 0.5) is 4.39 Å². The molecule has 1 aliphatic rings. The standard InChI is InChI=1S/C9H11FN2O5/c1-3-5(13)6(14)8(17-3)12-2-4(10)7(15)11-9(12)16/h2-3,5-6,8,13-14H,1H3,(H,11,15,16)/t3-,5-,6+,8-/m0/s1. The third-order valence-electron chi connectivity index (χ3n) is 2.68. The van der Waals surface area contributed by atoms with Gasteiger partial charge in [0.1, 0.15) is 12.2 Å². The van der Waals surface area contributed by atoms with Crippen molar-refractivity contribution < 1.29 is 19.3 Å². The molecule has 0 saturated carbocycles. The average Bonchev–Trinajstić information content (AvgIpc) is 2.51. The van der Waals surface area contributed by atoms with Crippen molar-refractivity contribution in [1.82, 2.24) is 9.55 Å². The van der Waals surface area contributed by atoms with Gasteiger partial charge in [-0.1, -0.05) is 0 Å². The van der Waals surface area contributed by atoms with Crippen molar-refractivity contribution >= 4 is 0 Å². The number of ether oxygens (including phenoxy) is 1. The highest BCUT2D eigenvalue weighted by Crippen LogP contribution is 2.27. The molecule has 2 heterocycles. The topological polar surface area (TPSA) is 105 Å². The van der Waals surface area contributed by atoms with Gasteiger partial charge in [-0.2, -0.15) is 4.39 Å². The van der Waals surface area contributed by atoms with Crippen LogP contribution in [0.2, 0.25) is 0 Å². The van der Waals surface area contributed by atoms with E-state index in [2.05, 4.69) is 0 Å². The highest BCUT2D eigenvalue weighted by Gasteiger charge is 2.41. The first-order valence-corrected chi connectivity index (χ1v) is 4.94. The molecule has 7 nitrogen and oxygen atoms in total. The summed E-state index contributed by atoms with van der Waals surface area (Å²) in [6, 6.07) is 0. The van der Waals surface area contributed by atoms with Gasteiger partial charge in [-0.3, -0.25) is 14.3 Å². The Balaban J connectivity index is 2.46. The summed E-state index contributed by atoms with van der Waals surface area (Å²) in [6.45, 7) is 1.50. The van der Waals surface area contributed by atoms with Gasteiger partial charge in [0.15, 0.2) is 6.23 Å². The van der Waals surface area contributed by atoms with Gasteiger partial charge in [-0.25, -0.2) is 4.79 Å². The Morgan fingerprint density at radius 1 is 1.41 bits per heavy atom. The average molecular weight is 246 g/mol. The molecule has 0 spiro atoms. The number of aromatic amines is 1. The maximum Gasteiger partial charge on any atom is 0.330 e. The molecular formula is C9H11FN2O5. The molecule has 0 amide bonds. The summed E-state index contributed by atoms with van der Waals surface area (Å²) < 4.78 is 18.9. The maximum absolute atomic E-state index is 13.0. The number of rotatable bonds is 1. The molecule has 2 rings (SSSR count). The van der Waals surface area contributed by atoms with E-state index in [4.69, 9.17) is 4.74 Å². The second-order valence-electron chi connectivity index (χ2n) is 3.86. The molecule has 4 atom stereocenters. The van der Waals surface area contributed by atoms with Gasteiger partial charge in [-0.05, 0) is 6.92 Å². The monoisotopic (exact) mass is 246 g/mol. The number of nitrogens with one attached hydrogen (secondary N) is 1. The van der Waals surface area contributed by atoms with Gasteiger partial charge in [0.25, 0.3) is 5.56 Å². The fraction of sp³-hybridized carbons (Fsp3) is 0.556. The minimum absolute atomic E-state index is 0.639. The van der Waals surface area contributed by atoms with Crippen molar-refractivity contribution in [2.45, 2.75) is 31.5 Å². The lowest BCUT2D eigenvalue weighted by Gasteiger charge is -2.16. The highest BCUT2D eigenvalue weighted by atomic mass is 19.1. The minimum Gasteiger partial charge on any atom is -0.388 e. The Hall–Kier alpha value is -1.51. The number of H-pyrrole nitrogens is 1. The molecule has 0 radical (unpaired) electrons. The van der Waals surface area contributed by atoms with Gasteiger partial charge in [0.2, 0.25) is 5.82 Å². The van der Waals surface area contributed by atoms with E-state index in [1.54, 1.807) is 4.98 Å². The molecule has 1 aliphatic heterocycles. The van der Waals surface area contributed by atoms with Crippen LogP contribution in [0.1, 0.15) is 13.2 Å². The summed E-state index contributed by atoms with van der Waals surface area (Å²) in [7, 11) is 0. The smallest absolute Gasteiger partial charge is 0.330 e. The predicted molar refractivity (Wildman–Crippen MR) is 52.9 cm³/mol. The maximum atomic E-state index is 13.0. The molecular weight excluding hydrogens is 235 g/mol. The Kier molecular flexibility index (Phi) is 2.86. The van der Waals surface area contributed by atoms with E-state index < -0.39 is 41.6 Å². The predicted octanol–water partition coefficient (Wildman–Crippen LogP) is -1.69. The number of aliphatic hydroxyl groups is 2. The van der Waals surface area contributed by atoms with E-state index in [-0.39, 0.29) is 0 Å². The van der Waals surface area contributed by atoms with Crippen LogP contribution in [-0.4, -0.2) is 38.1 Å². The van der Waals surface area contributed by atoms with Crippen LogP contribution in [0, 0.1) is 5.82 Å². The molecule has 0 aliphatic carbocycles. The van der Waals surface area contributed by atoms with Gasteiger partial charge < -0.3 is 14.9 Å². The number of aliphatic hydroxyl groups excluding tert-OH is 2. The first-order chi connectivity index (χ1) is 7.91. The molecule has 1 aromatic rings. The lowest BCUT2D eigenvalue weighted by molar-refractivity contribution is -0.0356. The van der Waals surface area contributed by atoms with Gasteiger partial charge in [-0.15, -0.1) is 0 Å². The summed E-state index contributed by atoms with van der Waals surface area (Å²) in [6.07, 6.45) is -3.83. The van der Waals surface area contributed by atoms with E-state index in [1.807, 2.05) is 0 Å². The first kappa shape index (κ1) is 12.0. The fourth-order valence-corrected chi connectivity index (χ4v) is 1.71. The molecule has 94 valence electrons. The van der Waals surface area contributed by atoms with Gasteiger partial charge in [0, 0.05) is 0 Å². The number of halogens is 1. The van der Waals surface area contributed by atoms with Crippen molar-refractivity contribution in [3.63, 3.8) is 0 Å². The molecule has 3 N–H and O–H groups in total. The van der Waals surface area contributed by atoms with Crippen LogP contribution in [0.3, 0.4) is 0 Å². The van der Waals surface area contributed by atoms with Crippen LogP contribution in [0.15, 0.2) is 15.8 Å².